The van der Waals surface area contributed by atoms with E-state index >= 15 is 0 Å². The van der Waals surface area contributed by atoms with Crippen molar-refractivity contribution in [2.45, 2.75) is 294 Å². The number of carbonyl (C=O) groups excluding carboxylic acids is 10. The lowest BCUT2D eigenvalue weighted by Gasteiger charge is -2.46. The third kappa shape index (κ3) is 45.5. The molecule has 10 atom stereocenters. The number of aliphatic hydroxyl groups is 1. The number of urea groups is 2. The minimum absolute atomic E-state index is 0. The number of hydrogen-bond acceptors (Lipinski definition) is 22. The van der Waals surface area contributed by atoms with Gasteiger partial charge in [-0.2, -0.15) is 0 Å². The van der Waals surface area contributed by atoms with Crippen LogP contribution in [-0.4, -0.2) is 177 Å². The van der Waals surface area contributed by atoms with Crippen LogP contribution in [0.5, 0.6) is 0 Å². The number of aromatic amines is 2. The minimum atomic E-state index is -0.556. The fraction of sp³-hybridized carbons (Fsp3) is 0.783. The van der Waals surface area contributed by atoms with Gasteiger partial charge in [-0.1, -0.05) is 146 Å². The van der Waals surface area contributed by atoms with Gasteiger partial charge in [0, 0.05) is 106 Å². The Labute approximate surface area is 685 Å². The number of aryl methyl sites for hydroxylation is 2. The summed E-state index contributed by atoms with van der Waals surface area (Å²) in [7, 11) is 1.33. The van der Waals surface area contributed by atoms with Crippen LogP contribution in [0.15, 0.2) is 15.7 Å². The Kier molecular flexibility index (Phi) is 49.9. The van der Waals surface area contributed by atoms with E-state index in [9.17, 15) is 57.5 Å². The lowest BCUT2D eigenvalue weighted by atomic mass is 9.62. The van der Waals surface area contributed by atoms with Gasteiger partial charge >= 0.3 is 54.2 Å². The Morgan fingerprint density at radius 3 is 1.20 bits per heavy atom. The molecule has 32 nitrogen and oxygen atoms in total. The van der Waals surface area contributed by atoms with Gasteiger partial charge in [-0.3, -0.25) is 54.2 Å². The molecular weight excluding hydrogens is 1480 g/mol. The number of carbonyl (C=O) groups is 10. The van der Waals surface area contributed by atoms with E-state index in [1.807, 2.05) is 34.6 Å². The molecule has 10 unspecified atom stereocenters. The smallest absolute Gasteiger partial charge is 0.407 e. The number of hydrogen-bond donors (Lipinski definition) is 11. The van der Waals surface area contributed by atoms with Crippen LogP contribution in [0.2, 0.25) is 0 Å². The topological polar surface area (TPSA) is 443 Å². The average Bonchev–Trinajstić information content (AvgIpc) is 0.808. The molecule has 2 heterocycles. The summed E-state index contributed by atoms with van der Waals surface area (Å²) in [6.07, 6.45) is 11.7. The number of rotatable bonds is 38. The van der Waals surface area contributed by atoms with Gasteiger partial charge in [0.2, 0.25) is 18.3 Å². The molecule has 2 aromatic rings. The van der Waals surface area contributed by atoms with Gasteiger partial charge < -0.3 is 70.2 Å². The Balaban J connectivity index is 0. The zero-order chi connectivity index (χ0) is 83.3. The molecule has 3 aliphatic rings. The summed E-state index contributed by atoms with van der Waals surface area (Å²) in [5.41, 5.74) is -0.118. The van der Waals surface area contributed by atoms with E-state index in [1.54, 1.807) is 13.8 Å². The minimum Gasteiger partial charge on any atom is -0.465 e. The van der Waals surface area contributed by atoms with Crippen molar-refractivity contribution < 1.29 is 86.2 Å². The first-order chi connectivity index (χ1) is 51.9. The van der Waals surface area contributed by atoms with E-state index in [0.717, 1.165) is 64.2 Å². The van der Waals surface area contributed by atoms with Crippen LogP contribution >= 0.6 is 0 Å². The van der Waals surface area contributed by atoms with Crippen molar-refractivity contribution in [3.05, 3.63) is 43.7 Å². The highest BCUT2D eigenvalue weighted by Crippen LogP contribution is 2.48. The quantitative estimate of drug-likeness (QED) is 0.0129. The summed E-state index contributed by atoms with van der Waals surface area (Å²) >= 11 is 0. The second kappa shape index (κ2) is 52.9. The molecule has 0 bridgehead atoms. The molecule has 8 amide bonds. The van der Waals surface area contributed by atoms with Crippen molar-refractivity contribution >= 4 is 72.5 Å². The summed E-state index contributed by atoms with van der Waals surface area (Å²) in [4.78, 5) is 157. The molecule has 3 aliphatic carbocycles. The highest BCUT2D eigenvalue weighted by Gasteiger charge is 2.45. The fourth-order valence-electron chi connectivity index (χ4n) is 15.2. The maximum Gasteiger partial charge on any atom is 0.407 e. The number of esters is 4. The van der Waals surface area contributed by atoms with Crippen LogP contribution in [-0.2, 0) is 63.6 Å². The maximum atomic E-state index is 12.7. The molecule has 3 fully saturated rings. The van der Waals surface area contributed by atoms with Gasteiger partial charge in [0.1, 0.15) is 0 Å². The van der Waals surface area contributed by atoms with Crippen molar-refractivity contribution in [3.8, 4) is 0 Å². The summed E-state index contributed by atoms with van der Waals surface area (Å²) in [6, 6.07) is 0.249. The zero-order valence-electron chi connectivity index (χ0n) is 69.5. The molecule has 32 heteroatoms. The number of aliphatic hydroxyl groups excluding tert-OH is 1. The molecule has 0 aliphatic heterocycles. The van der Waals surface area contributed by atoms with Crippen molar-refractivity contribution in [2.24, 2.45) is 56.2 Å². The number of ether oxygens (including phenoxy) is 7. The van der Waals surface area contributed by atoms with Gasteiger partial charge in [-0.25, -0.2) is 33.9 Å². The van der Waals surface area contributed by atoms with Crippen LogP contribution in [0.3, 0.4) is 0 Å². The summed E-state index contributed by atoms with van der Waals surface area (Å²) in [6.45, 7) is 36.7. The Bertz CT molecular complexity index is 3440. The van der Waals surface area contributed by atoms with Crippen molar-refractivity contribution in [1.82, 2.24) is 51.8 Å². The fourth-order valence-corrected chi connectivity index (χ4v) is 15.2. The first-order valence-electron chi connectivity index (χ1n) is 39.3. The van der Waals surface area contributed by atoms with Crippen LogP contribution in [0, 0.1) is 70.0 Å². The first-order valence-corrected chi connectivity index (χ1v) is 39.3. The highest BCUT2D eigenvalue weighted by atomic mass is 16.6. The molecule has 115 heavy (non-hydrogen) atoms. The largest absolute Gasteiger partial charge is 0.465 e. The predicted molar refractivity (Wildman–Crippen MR) is 446 cm³/mol. The van der Waals surface area contributed by atoms with E-state index in [0.29, 0.717) is 107 Å². The number of unbranched alkanes of at least 4 members (excludes halogenated alkanes) is 2. The van der Waals surface area contributed by atoms with Gasteiger partial charge in [-0.05, 0) is 142 Å². The average molecular weight is 1640 g/mol. The number of methoxy groups -OCH3 is 1. The van der Waals surface area contributed by atoms with E-state index in [2.05, 4.69) is 136 Å². The summed E-state index contributed by atoms with van der Waals surface area (Å²) in [5, 5.41) is 31.6. The number of anilines is 2. The number of aromatic nitrogens is 4. The molecule has 11 N–H and O–H groups in total. The molecule has 0 spiro atoms. The molecule has 662 valence electrons. The van der Waals surface area contributed by atoms with Gasteiger partial charge in [-0.15, -0.1) is 0 Å². The monoisotopic (exact) mass is 1640 g/mol. The number of alkyl carbamates (subject to hydrolysis) is 3. The standard InChI is InChI=1S/C34H57N5O9.C28H50N2O8.C17H27N5O3.4CH4/c1-8-22(2)17-46-27(41)11-9-10-12-28(42)47-18-23(3)19-48-32(45)37-25-15-33(5,6)20-34(7,16-25)21-35-31(44)39-30-36-24(4)26(13-14-40)29(43)38-30;1-8-20(2)15-36-23(31)11-9-10-12-24(32)37-16-21(3)17-38-26(34)30-22-13-27(4,5)18-28(6,14-22)19-29-25(33)35-7;1-11-5-13(24)21-14(20-11)22-15(25)18-9-17(4)7-12(19-10-23)6-16(2,3)8-17;;;;/h22-23,25,40H,8-21H2,1-7H3,(H,37,45)(H3,35,36,38,39,43,44);20-22H,8-19H2,1-7H3,(H,29,33)(H,30,34);5,10,12H,6-9H2,1-4H3,(H,19,23)(H3,18,20,21,22,24,25);4*1H4. The summed E-state index contributed by atoms with van der Waals surface area (Å²) in [5.74, 6) is -0.717. The Morgan fingerprint density at radius 2 is 0.852 bits per heavy atom. The SMILES string of the molecule is C.C.C.C.CCC(C)COC(=O)CCCCC(=O)OCC(C)COC(=O)NC1CC(C)(C)CC(C)(CNC(=O)Nc2nc(C)c(CCO)c(=O)[nH]2)C1.CCC(C)COC(=O)CCCCC(=O)OCC(C)COC(=O)NC1CC(C)(C)CC(C)(CNC(=O)OC)C1.Cc1cc(=O)[nH]c(NC(=O)NCC2(C)CC(NC=O)CC(C)(C)C2)n1. The molecule has 0 aromatic carbocycles. The lowest BCUT2D eigenvalue weighted by molar-refractivity contribution is -0.147. The Morgan fingerprint density at radius 1 is 0.504 bits per heavy atom. The maximum absolute atomic E-state index is 12.7. The third-order valence-electron chi connectivity index (χ3n) is 19.9. The summed E-state index contributed by atoms with van der Waals surface area (Å²) < 4.78 is 36.5. The molecule has 0 radical (unpaired) electrons. The van der Waals surface area contributed by atoms with E-state index in [1.165, 1.54) is 13.2 Å². The van der Waals surface area contributed by atoms with Crippen LogP contribution in [0.4, 0.5) is 35.9 Å². The first kappa shape index (κ1) is 108. The normalized spacial score (nSPS) is 20.9. The van der Waals surface area contributed by atoms with E-state index in [-0.39, 0.29) is 192 Å². The second-order valence-electron chi connectivity index (χ2n) is 34.6. The van der Waals surface area contributed by atoms with Gasteiger partial charge in [0.15, 0.2) is 0 Å². The molecule has 3 saturated carbocycles. The third-order valence-corrected chi connectivity index (χ3v) is 19.9. The van der Waals surface area contributed by atoms with Crippen molar-refractivity contribution in [1.29, 1.82) is 0 Å². The molecule has 2 aromatic heterocycles. The van der Waals surface area contributed by atoms with Crippen molar-refractivity contribution in [2.75, 3.05) is 83.6 Å². The second-order valence-corrected chi connectivity index (χ2v) is 34.6. The van der Waals surface area contributed by atoms with Gasteiger partial charge in [0.05, 0.1) is 52.4 Å². The van der Waals surface area contributed by atoms with Crippen LogP contribution in [0.25, 0.3) is 0 Å². The number of amides is 8. The number of nitrogens with one attached hydrogen (secondary N) is 10. The lowest BCUT2D eigenvalue weighted by Crippen LogP contribution is -2.51. The molecule has 0 saturated heterocycles. The Hall–Kier alpha value is -8.58. The van der Waals surface area contributed by atoms with E-state index in [4.69, 9.17) is 33.5 Å². The molecule has 5 rings (SSSR count). The van der Waals surface area contributed by atoms with E-state index < -0.39 is 35.9 Å². The van der Waals surface area contributed by atoms with Crippen LogP contribution in [0.1, 0.15) is 273 Å². The van der Waals surface area contributed by atoms with Gasteiger partial charge in [0.25, 0.3) is 11.1 Å². The van der Waals surface area contributed by atoms with Crippen LogP contribution < -0.4 is 53.7 Å². The highest BCUT2D eigenvalue weighted by molar-refractivity contribution is 5.88. The number of nitrogens with zero attached hydrogens (tertiary/aromatic N) is 2. The zero-order valence-corrected chi connectivity index (χ0v) is 69.5. The number of H-pyrrole nitrogens is 2. The van der Waals surface area contributed by atoms with Crippen molar-refractivity contribution in [3.63, 3.8) is 0 Å². The predicted octanol–water partition coefficient (Wildman–Crippen LogP) is 13.4. The molecular formula is C83H150N12O20.